The molecular formula is C20H28Cl2N4O4S. The van der Waals surface area contributed by atoms with E-state index >= 15 is 0 Å². The molecule has 0 saturated carbocycles. The Labute approximate surface area is 192 Å². The van der Waals surface area contributed by atoms with Crippen molar-refractivity contribution in [3.05, 3.63) is 60.8 Å². The second-order valence-electron chi connectivity index (χ2n) is 8.07. The fourth-order valence-electron chi connectivity index (χ4n) is 3.36. The largest absolute Gasteiger partial charge is 0.330 e. The van der Waals surface area contributed by atoms with E-state index in [4.69, 9.17) is 23.2 Å². The molecule has 11 heteroatoms. The van der Waals surface area contributed by atoms with Crippen molar-refractivity contribution in [3.63, 3.8) is 0 Å². The molecule has 0 amide bonds. The third kappa shape index (κ3) is 5.59. The highest BCUT2D eigenvalue weighted by molar-refractivity contribution is 7.89. The highest BCUT2D eigenvalue weighted by Crippen LogP contribution is 2.25. The van der Waals surface area contributed by atoms with Crippen LogP contribution in [0.5, 0.6) is 0 Å². The van der Waals surface area contributed by atoms with Crippen LogP contribution in [0.25, 0.3) is 0 Å². The maximum Gasteiger partial charge on any atom is 0.330 e. The molecule has 0 N–H and O–H groups in total. The van der Waals surface area contributed by atoms with Crippen LogP contribution in [-0.2, 0) is 30.7 Å². The van der Waals surface area contributed by atoms with Crippen LogP contribution < -0.4 is 11.2 Å². The highest BCUT2D eigenvalue weighted by atomic mass is 35.5. The zero-order valence-corrected chi connectivity index (χ0v) is 20.8. The van der Waals surface area contributed by atoms with Crippen molar-refractivity contribution in [1.29, 1.82) is 0 Å². The molecule has 0 aliphatic heterocycles. The Hall–Kier alpha value is -1.65. The summed E-state index contributed by atoms with van der Waals surface area (Å²) in [7, 11) is 2.17. The highest BCUT2D eigenvalue weighted by Gasteiger charge is 2.32. The molecule has 1 heterocycles. The predicted molar refractivity (Wildman–Crippen MR) is 123 cm³/mol. The van der Waals surface area contributed by atoms with Gasteiger partial charge in [-0.25, -0.2) is 13.2 Å². The standard InChI is InChI=1S/C20H28Cl2N4O4S/c1-13(2)17(23(3)4)11-26(10-14-7-8-15(21)16(22)9-14)31(29,30)18-12-24(5)20(28)25(6)19(18)27/h7-9,12-13,17H,10-11H2,1-6H3/t17-/m0/s1. The Morgan fingerprint density at radius 2 is 1.68 bits per heavy atom. The quantitative estimate of drug-likeness (QED) is 0.565. The van der Waals surface area contributed by atoms with E-state index in [1.54, 1.807) is 18.2 Å². The minimum Gasteiger partial charge on any atom is -0.305 e. The molecule has 0 radical (unpaired) electrons. The van der Waals surface area contributed by atoms with E-state index in [-0.39, 0.29) is 25.0 Å². The Balaban J connectivity index is 2.64. The lowest BCUT2D eigenvalue weighted by Gasteiger charge is -2.33. The maximum absolute atomic E-state index is 13.6. The lowest BCUT2D eigenvalue weighted by Crippen LogP contribution is -2.47. The van der Waals surface area contributed by atoms with Crippen LogP contribution >= 0.6 is 23.2 Å². The van der Waals surface area contributed by atoms with Gasteiger partial charge in [0.15, 0.2) is 4.90 Å². The second kappa shape index (κ2) is 9.87. The van der Waals surface area contributed by atoms with Crippen molar-refractivity contribution >= 4 is 33.2 Å². The van der Waals surface area contributed by atoms with Gasteiger partial charge in [0, 0.05) is 39.4 Å². The van der Waals surface area contributed by atoms with Gasteiger partial charge in [0.25, 0.3) is 5.56 Å². The van der Waals surface area contributed by atoms with E-state index in [1.807, 2.05) is 32.8 Å². The molecule has 2 rings (SSSR count). The summed E-state index contributed by atoms with van der Waals surface area (Å²) in [6.07, 6.45) is 1.07. The number of sulfonamides is 1. The van der Waals surface area contributed by atoms with Gasteiger partial charge in [-0.1, -0.05) is 43.1 Å². The normalized spacial score (nSPS) is 13.4. The maximum atomic E-state index is 13.6. The predicted octanol–water partition coefficient (Wildman–Crippen LogP) is 2.17. The lowest BCUT2D eigenvalue weighted by atomic mass is 10.0. The zero-order chi connectivity index (χ0) is 23.7. The first-order chi connectivity index (χ1) is 14.3. The van der Waals surface area contributed by atoms with E-state index in [0.717, 1.165) is 15.3 Å². The van der Waals surface area contributed by atoms with Crippen molar-refractivity contribution in [3.8, 4) is 0 Å². The average Bonchev–Trinajstić information content (AvgIpc) is 2.67. The summed E-state index contributed by atoms with van der Waals surface area (Å²) < 4.78 is 30.4. The Bertz CT molecular complexity index is 1160. The summed E-state index contributed by atoms with van der Waals surface area (Å²) in [6.45, 7) is 4.13. The molecule has 0 bridgehead atoms. The minimum atomic E-state index is -4.24. The van der Waals surface area contributed by atoms with Crippen LogP contribution in [-0.4, -0.2) is 53.4 Å². The Morgan fingerprint density at radius 1 is 1.06 bits per heavy atom. The molecule has 1 aromatic carbocycles. The SMILES string of the molecule is CC(C)[C@H](CN(Cc1ccc(Cl)c(Cl)c1)S(=O)(=O)c1cn(C)c(=O)n(C)c1=O)N(C)C. The number of hydrogen-bond acceptors (Lipinski definition) is 5. The third-order valence-electron chi connectivity index (χ3n) is 5.20. The van der Waals surface area contributed by atoms with E-state index in [0.29, 0.717) is 15.6 Å². The molecule has 0 fully saturated rings. The molecule has 172 valence electrons. The summed E-state index contributed by atoms with van der Waals surface area (Å²) in [6, 6.07) is 4.77. The molecule has 1 atom stereocenters. The van der Waals surface area contributed by atoms with Crippen molar-refractivity contribution in [2.75, 3.05) is 20.6 Å². The van der Waals surface area contributed by atoms with Gasteiger partial charge in [0.05, 0.1) is 10.0 Å². The van der Waals surface area contributed by atoms with Gasteiger partial charge in [-0.2, -0.15) is 4.31 Å². The molecule has 8 nitrogen and oxygen atoms in total. The summed E-state index contributed by atoms with van der Waals surface area (Å²) >= 11 is 12.1. The van der Waals surface area contributed by atoms with E-state index in [2.05, 4.69) is 0 Å². The van der Waals surface area contributed by atoms with Crippen LogP contribution in [0.4, 0.5) is 0 Å². The fourth-order valence-corrected chi connectivity index (χ4v) is 5.28. The van der Waals surface area contributed by atoms with E-state index < -0.39 is 26.2 Å². The molecular weight excluding hydrogens is 463 g/mol. The van der Waals surface area contributed by atoms with Crippen LogP contribution in [0.1, 0.15) is 19.4 Å². The van der Waals surface area contributed by atoms with Crippen LogP contribution in [0, 0.1) is 5.92 Å². The number of halogens is 2. The van der Waals surface area contributed by atoms with Crippen molar-refractivity contribution in [1.82, 2.24) is 18.3 Å². The number of hydrogen-bond donors (Lipinski definition) is 0. The smallest absolute Gasteiger partial charge is 0.305 e. The number of aryl methyl sites for hydroxylation is 1. The van der Waals surface area contributed by atoms with Gasteiger partial charge < -0.3 is 9.47 Å². The summed E-state index contributed by atoms with van der Waals surface area (Å²) in [5.41, 5.74) is -0.845. The number of benzene rings is 1. The number of nitrogens with zero attached hydrogens (tertiary/aromatic N) is 4. The number of rotatable bonds is 8. The van der Waals surface area contributed by atoms with Gasteiger partial charge in [-0.05, 0) is 37.7 Å². The molecule has 0 spiro atoms. The Kier molecular flexibility index (Phi) is 8.15. The topological polar surface area (TPSA) is 84.6 Å². The summed E-state index contributed by atoms with van der Waals surface area (Å²) in [5.74, 6) is 0.143. The lowest BCUT2D eigenvalue weighted by molar-refractivity contribution is 0.190. The minimum absolute atomic E-state index is 0.0116. The second-order valence-corrected chi connectivity index (χ2v) is 10.8. The van der Waals surface area contributed by atoms with Gasteiger partial charge in [0.2, 0.25) is 10.0 Å². The average molecular weight is 491 g/mol. The molecule has 2 aromatic rings. The van der Waals surface area contributed by atoms with Gasteiger partial charge in [0.1, 0.15) is 0 Å². The van der Waals surface area contributed by atoms with Gasteiger partial charge in [-0.3, -0.25) is 9.36 Å². The third-order valence-corrected chi connectivity index (χ3v) is 7.73. The van der Waals surface area contributed by atoms with Crippen molar-refractivity contribution in [2.45, 2.75) is 31.3 Å². The van der Waals surface area contributed by atoms with Crippen molar-refractivity contribution < 1.29 is 8.42 Å². The summed E-state index contributed by atoms with van der Waals surface area (Å²) in [4.78, 5) is 26.2. The first kappa shape index (κ1) is 25.6. The van der Waals surface area contributed by atoms with Crippen LogP contribution in [0.3, 0.4) is 0 Å². The van der Waals surface area contributed by atoms with Crippen LogP contribution in [0.2, 0.25) is 10.0 Å². The van der Waals surface area contributed by atoms with E-state index in [1.165, 1.54) is 18.4 Å². The summed E-state index contributed by atoms with van der Waals surface area (Å²) in [5, 5.41) is 0.669. The number of likely N-dealkylation sites (N-methyl/N-ethyl adjacent to an activating group) is 1. The van der Waals surface area contributed by atoms with Crippen molar-refractivity contribution in [2.24, 2.45) is 20.0 Å². The molecule has 0 saturated heterocycles. The first-order valence-corrected chi connectivity index (χ1v) is 11.8. The zero-order valence-electron chi connectivity index (χ0n) is 18.5. The fraction of sp³-hybridized carbons (Fsp3) is 0.500. The van der Waals surface area contributed by atoms with Gasteiger partial charge >= 0.3 is 5.69 Å². The molecule has 0 aliphatic rings. The van der Waals surface area contributed by atoms with Gasteiger partial charge in [-0.15, -0.1) is 0 Å². The number of aromatic nitrogens is 2. The molecule has 31 heavy (non-hydrogen) atoms. The molecule has 1 aromatic heterocycles. The van der Waals surface area contributed by atoms with Crippen LogP contribution in [0.15, 0.2) is 38.9 Å². The monoisotopic (exact) mass is 490 g/mol. The Morgan fingerprint density at radius 3 is 2.19 bits per heavy atom. The molecule has 0 aliphatic carbocycles. The molecule has 0 unspecified atom stereocenters. The van der Waals surface area contributed by atoms with E-state index in [9.17, 15) is 18.0 Å². The first-order valence-electron chi connectivity index (χ1n) is 9.64.